The lowest BCUT2D eigenvalue weighted by Crippen LogP contribution is -2.81. The number of aliphatic hydroxyl groups excluding tert-OH is 1. The molecular weight excluding hydrogens is 432 g/mol. The molecule has 0 saturated heterocycles. The first-order valence-electron chi connectivity index (χ1n) is 10.5. The molecule has 1 fully saturated rings. The third-order valence-electron chi connectivity index (χ3n) is 7.36. The Balaban J connectivity index is 2.57. The van der Waals surface area contributed by atoms with E-state index >= 15 is 0 Å². The molecule has 0 heterocycles. The van der Waals surface area contributed by atoms with Gasteiger partial charge in [-0.15, -0.1) is 6.58 Å². The zero-order valence-electron chi connectivity index (χ0n) is 19.9. The average molecular weight is 465 g/mol. The first-order chi connectivity index (χ1) is 15.8. The Hall–Kier alpha value is -2.14. The molecule has 2 bridgehead atoms. The van der Waals surface area contributed by atoms with Crippen molar-refractivity contribution in [3.63, 3.8) is 0 Å². The van der Waals surface area contributed by atoms with Crippen molar-refractivity contribution in [2.24, 2.45) is 17.3 Å². The fourth-order valence-corrected chi connectivity index (χ4v) is 6.12. The van der Waals surface area contributed by atoms with Crippen molar-refractivity contribution in [1.82, 2.24) is 0 Å². The number of Topliss-reactive ketones (excluding diaryl/α,β-unsaturated/α-hetero) is 2. The number of hydrogen-bond donors (Lipinski definition) is 1. The van der Waals surface area contributed by atoms with E-state index < -0.39 is 46.0 Å². The van der Waals surface area contributed by atoms with Gasteiger partial charge in [0.05, 0.1) is 19.6 Å². The van der Waals surface area contributed by atoms with Crippen LogP contribution in [0, 0.1) is 17.3 Å². The molecule has 4 rings (SSSR count). The van der Waals surface area contributed by atoms with Gasteiger partial charge in [-0.3, -0.25) is 9.59 Å². The van der Waals surface area contributed by atoms with E-state index in [-0.39, 0.29) is 18.8 Å². The first-order valence-corrected chi connectivity index (χ1v) is 10.5. The summed E-state index contributed by atoms with van der Waals surface area (Å²) in [4.78, 5) is 27.8. The third-order valence-corrected chi connectivity index (χ3v) is 7.36. The second-order valence-electron chi connectivity index (χ2n) is 8.18. The average Bonchev–Trinajstić information content (AvgIpc) is 2.84. The Kier molecular flexibility index (Phi) is 6.87. The van der Waals surface area contributed by atoms with E-state index in [0.29, 0.717) is 5.57 Å². The zero-order valence-corrected chi connectivity index (χ0v) is 19.9. The largest absolute Gasteiger partial charge is 0.493 e. The first kappa shape index (κ1) is 25.5. The highest BCUT2D eigenvalue weighted by atomic mass is 16.7. The van der Waals surface area contributed by atoms with Crippen molar-refractivity contribution in [3.8, 4) is 0 Å². The van der Waals surface area contributed by atoms with Crippen LogP contribution in [0.3, 0.4) is 0 Å². The number of methoxy groups -OCH3 is 6. The topological polar surface area (TPSA) is 110 Å². The summed E-state index contributed by atoms with van der Waals surface area (Å²) in [6, 6.07) is 0. The van der Waals surface area contributed by atoms with Crippen LogP contribution in [-0.4, -0.2) is 83.1 Å². The Labute approximate surface area is 193 Å². The van der Waals surface area contributed by atoms with Gasteiger partial charge in [0.25, 0.3) is 5.78 Å². The van der Waals surface area contributed by atoms with Crippen molar-refractivity contribution in [1.29, 1.82) is 0 Å². The number of ketones is 2. The standard InChI is InChI=1S/C24H32O9/c1-8-11-21-14-16(28-2)19(26)24(32-6,33-7)18(21)17-15(10-9-12-25)13-22(21,29-3)20(27)23(17,30-4)31-5/h8-10,13-14,17-18,25H,1,11-12H2,2-7H3/b10-9+/t17-,18-,21-,22+/m0/s1. The lowest BCUT2D eigenvalue weighted by Gasteiger charge is -2.67. The van der Waals surface area contributed by atoms with Gasteiger partial charge in [0.2, 0.25) is 17.4 Å². The molecule has 0 aromatic rings. The molecular formula is C24H32O9. The van der Waals surface area contributed by atoms with Gasteiger partial charge < -0.3 is 33.5 Å². The van der Waals surface area contributed by atoms with Gasteiger partial charge in [0.15, 0.2) is 11.4 Å². The summed E-state index contributed by atoms with van der Waals surface area (Å²) >= 11 is 0. The number of rotatable bonds is 10. The van der Waals surface area contributed by atoms with E-state index in [4.69, 9.17) is 28.4 Å². The lowest BCUT2D eigenvalue weighted by atomic mass is 9.41. The van der Waals surface area contributed by atoms with E-state index in [1.165, 1.54) is 48.7 Å². The van der Waals surface area contributed by atoms with Crippen molar-refractivity contribution in [3.05, 3.63) is 48.3 Å². The number of ether oxygens (including phenoxy) is 6. The van der Waals surface area contributed by atoms with Crippen molar-refractivity contribution in [2.75, 3.05) is 49.3 Å². The summed E-state index contributed by atoms with van der Waals surface area (Å²) < 4.78 is 34.6. The smallest absolute Gasteiger partial charge is 0.256 e. The molecule has 0 aromatic carbocycles. The van der Waals surface area contributed by atoms with E-state index in [0.717, 1.165) is 0 Å². The molecule has 0 amide bonds. The highest BCUT2D eigenvalue weighted by molar-refractivity contribution is 6.05. The van der Waals surface area contributed by atoms with E-state index in [2.05, 4.69) is 6.58 Å². The number of allylic oxidation sites excluding steroid dienone is 2. The van der Waals surface area contributed by atoms with Gasteiger partial charge in [0.1, 0.15) is 0 Å². The minimum atomic E-state index is -1.87. The minimum absolute atomic E-state index is 0.0186. The Morgan fingerprint density at radius 2 is 1.58 bits per heavy atom. The third kappa shape index (κ3) is 2.87. The van der Waals surface area contributed by atoms with Crippen LogP contribution in [0.1, 0.15) is 6.42 Å². The van der Waals surface area contributed by atoms with Crippen molar-refractivity contribution >= 4 is 11.6 Å². The van der Waals surface area contributed by atoms with Crippen LogP contribution in [0.25, 0.3) is 0 Å². The van der Waals surface area contributed by atoms with E-state index in [9.17, 15) is 14.7 Å². The summed E-state index contributed by atoms with van der Waals surface area (Å²) in [5, 5.41) is 9.44. The van der Waals surface area contributed by atoms with Crippen LogP contribution in [0.2, 0.25) is 0 Å². The maximum atomic E-state index is 14.2. The fraction of sp³-hybridized carbons (Fsp3) is 0.583. The molecule has 0 aliphatic heterocycles. The zero-order chi connectivity index (χ0) is 24.7. The molecule has 4 aliphatic carbocycles. The number of hydrogen-bond acceptors (Lipinski definition) is 9. The molecule has 4 atom stereocenters. The summed E-state index contributed by atoms with van der Waals surface area (Å²) in [5.41, 5.74) is -2.30. The SMILES string of the molecule is C=CC[C@]12C=C(OC)C(=O)C(OC)(OC)[C@H]1[C@@H]1C(/C=C/CO)=C[C@@]2(OC)C(=O)C1(OC)OC. The van der Waals surface area contributed by atoms with Crippen LogP contribution in [0.5, 0.6) is 0 Å². The number of aliphatic hydroxyl groups is 1. The molecule has 1 N–H and O–H groups in total. The Morgan fingerprint density at radius 3 is 2.03 bits per heavy atom. The van der Waals surface area contributed by atoms with Crippen LogP contribution in [0.15, 0.2) is 48.3 Å². The molecule has 0 unspecified atom stereocenters. The van der Waals surface area contributed by atoms with Gasteiger partial charge in [-0.1, -0.05) is 18.2 Å². The fourth-order valence-electron chi connectivity index (χ4n) is 6.12. The van der Waals surface area contributed by atoms with Gasteiger partial charge >= 0.3 is 0 Å². The lowest BCUT2D eigenvalue weighted by molar-refractivity contribution is -0.329. The number of carbonyl (C=O) groups is 2. The van der Waals surface area contributed by atoms with Crippen LogP contribution >= 0.6 is 0 Å². The molecule has 0 aromatic heterocycles. The van der Waals surface area contributed by atoms with Crippen LogP contribution in [-0.2, 0) is 38.0 Å². The Bertz CT molecular complexity index is 909. The van der Waals surface area contributed by atoms with Gasteiger partial charge in [0, 0.05) is 46.9 Å². The summed E-state index contributed by atoms with van der Waals surface area (Å²) in [6.07, 6.45) is 8.36. The summed E-state index contributed by atoms with van der Waals surface area (Å²) in [6.45, 7) is 3.66. The number of carbonyl (C=O) groups excluding carboxylic acids is 2. The monoisotopic (exact) mass is 464 g/mol. The second-order valence-corrected chi connectivity index (χ2v) is 8.18. The minimum Gasteiger partial charge on any atom is -0.493 e. The highest BCUT2D eigenvalue weighted by Crippen LogP contribution is 2.68. The van der Waals surface area contributed by atoms with E-state index in [1.54, 1.807) is 24.3 Å². The van der Waals surface area contributed by atoms with Crippen LogP contribution in [0.4, 0.5) is 0 Å². The highest BCUT2D eigenvalue weighted by Gasteiger charge is 2.82. The second kappa shape index (κ2) is 8.90. The molecule has 9 heteroatoms. The predicted molar refractivity (Wildman–Crippen MR) is 117 cm³/mol. The molecule has 4 aliphatic rings. The van der Waals surface area contributed by atoms with Crippen molar-refractivity contribution < 1.29 is 43.1 Å². The molecule has 0 radical (unpaired) electrons. The van der Waals surface area contributed by atoms with Crippen LogP contribution < -0.4 is 0 Å². The molecule has 182 valence electrons. The van der Waals surface area contributed by atoms with Crippen molar-refractivity contribution in [2.45, 2.75) is 23.6 Å². The number of fused-ring (bicyclic) bond motifs is 1. The normalized spacial score (nSPS) is 34.2. The molecule has 9 nitrogen and oxygen atoms in total. The summed E-state index contributed by atoms with van der Waals surface area (Å²) in [7, 11) is 8.20. The molecule has 1 saturated carbocycles. The molecule has 0 spiro atoms. The Morgan fingerprint density at radius 1 is 0.970 bits per heavy atom. The van der Waals surface area contributed by atoms with Gasteiger partial charge in [-0.05, 0) is 24.1 Å². The van der Waals surface area contributed by atoms with E-state index in [1.807, 2.05) is 0 Å². The predicted octanol–water partition coefficient (Wildman–Crippen LogP) is 1.33. The molecule has 33 heavy (non-hydrogen) atoms. The van der Waals surface area contributed by atoms with Gasteiger partial charge in [-0.2, -0.15) is 0 Å². The summed E-state index contributed by atoms with van der Waals surface area (Å²) in [5.74, 6) is -6.48. The maximum Gasteiger partial charge on any atom is 0.256 e. The quantitative estimate of drug-likeness (QED) is 0.378. The van der Waals surface area contributed by atoms with Gasteiger partial charge in [-0.25, -0.2) is 0 Å². The maximum absolute atomic E-state index is 14.2.